The van der Waals surface area contributed by atoms with Gasteiger partial charge in [0.1, 0.15) is 5.82 Å². The molecule has 2 heterocycles. The van der Waals surface area contributed by atoms with Gasteiger partial charge in [-0.1, -0.05) is 0 Å². The van der Waals surface area contributed by atoms with Gasteiger partial charge in [0.05, 0.1) is 31.4 Å². The van der Waals surface area contributed by atoms with Crippen molar-refractivity contribution in [1.29, 1.82) is 0 Å². The van der Waals surface area contributed by atoms with Crippen LogP contribution in [0.1, 0.15) is 17.1 Å². The molecule has 0 aliphatic carbocycles. The monoisotopic (exact) mass is 372 g/mol. The number of hydrogen-bond acceptors (Lipinski definition) is 6. The zero-order chi connectivity index (χ0) is 18.8. The second-order valence-corrected chi connectivity index (χ2v) is 8.65. The summed E-state index contributed by atoms with van der Waals surface area (Å²) >= 11 is 0. The highest BCUT2D eigenvalue weighted by atomic mass is 32.2. The Bertz CT molecular complexity index is 803. The summed E-state index contributed by atoms with van der Waals surface area (Å²) in [5, 5.41) is 2.78. The van der Waals surface area contributed by atoms with Gasteiger partial charge in [0, 0.05) is 31.3 Å². The Hall–Kier alpha value is -1.78. The number of amides is 1. The second kappa shape index (κ2) is 7.63. The maximum absolute atomic E-state index is 12.3. The van der Waals surface area contributed by atoms with Gasteiger partial charge in [0.2, 0.25) is 15.9 Å². The Labute approximate surface area is 146 Å². The van der Waals surface area contributed by atoms with E-state index in [-0.39, 0.29) is 42.8 Å². The number of nitrogens with zero attached hydrogens (tertiary/aromatic N) is 2. The molecule has 0 saturated carbocycles. The quantitative estimate of drug-likeness (QED) is 0.657. The lowest BCUT2D eigenvalue weighted by atomic mass is 10.1. The van der Waals surface area contributed by atoms with Crippen LogP contribution in [0, 0.1) is 19.8 Å². The minimum atomic E-state index is -3.39. The molecule has 2 atom stereocenters. The van der Waals surface area contributed by atoms with E-state index in [0.29, 0.717) is 17.1 Å². The van der Waals surface area contributed by atoms with Crippen LogP contribution in [0.4, 0.5) is 0 Å². The summed E-state index contributed by atoms with van der Waals surface area (Å²) in [6.07, 6.45) is -0.113. The first-order valence-corrected chi connectivity index (χ1v) is 9.54. The van der Waals surface area contributed by atoms with E-state index in [4.69, 9.17) is 4.74 Å². The molecule has 1 aromatic heterocycles. The van der Waals surface area contributed by atoms with E-state index in [1.54, 1.807) is 13.8 Å². The van der Waals surface area contributed by atoms with Crippen molar-refractivity contribution in [3.05, 3.63) is 27.4 Å². The number of sulfonamides is 1. The molecule has 1 aromatic rings. The van der Waals surface area contributed by atoms with Gasteiger partial charge in [0.25, 0.3) is 5.56 Å². The highest BCUT2D eigenvalue weighted by Gasteiger charge is 2.34. The van der Waals surface area contributed by atoms with Crippen LogP contribution in [0.3, 0.4) is 0 Å². The van der Waals surface area contributed by atoms with Crippen LogP contribution < -0.4 is 10.9 Å². The van der Waals surface area contributed by atoms with Gasteiger partial charge in [-0.25, -0.2) is 17.7 Å². The Morgan fingerprint density at radius 3 is 2.64 bits per heavy atom. The molecule has 1 amide bonds. The van der Waals surface area contributed by atoms with E-state index in [0.717, 1.165) is 4.31 Å². The Morgan fingerprint density at radius 2 is 2.04 bits per heavy atom. The standard InChI is InChI=1S/C15H24N4O5S/c1-9-12(15(21)17-10(2)16-9)5-14(20)18-13-7-24-6-11(13)8-25(22,23)19(3)4/h11,13H,5-8H2,1-4H3,(H,18,20)(H,16,17,21)/t11-,13+/m0/s1. The van der Waals surface area contributed by atoms with E-state index in [9.17, 15) is 18.0 Å². The van der Waals surface area contributed by atoms with Gasteiger partial charge >= 0.3 is 0 Å². The Balaban J connectivity index is 2.04. The minimum Gasteiger partial charge on any atom is -0.379 e. The van der Waals surface area contributed by atoms with E-state index < -0.39 is 16.1 Å². The molecule has 0 radical (unpaired) electrons. The molecule has 0 spiro atoms. The van der Waals surface area contributed by atoms with Crippen LogP contribution in [0.25, 0.3) is 0 Å². The number of carbonyl (C=O) groups is 1. The molecule has 0 aromatic carbocycles. The van der Waals surface area contributed by atoms with Crippen LogP contribution in [0.15, 0.2) is 4.79 Å². The zero-order valence-electron chi connectivity index (χ0n) is 14.8. The summed E-state index contributed by atoms with van der Waals surface area (Å²) in [5.41, 5.74) is 0.472. The third-order valence-electron chi connectivity index (χ3n) is 4.20. The highest BCUT2D eigenvalue weighted by Crippen LogP contribution is 2.17. The SMILES string of the molecule is Cc1nc(C)c(CC(=O)N[C@@H]2COC[C@H]2CS(=O)(=O)N(C)C)c(=O)[nH]1. The number of aromatic amines is 1. The number of aromatic nitrogens is 2. The van der Waals surface area contributed by atoms with Crippen molar-refractivity contribution >= 4 is 15.9 Å². The molecular weight excluding hydrogens is 348 g/mol. The maximum atomic E-state index is 12.3. The van der Waals surface area contributed by atoms with Crippen molar-refractivity contribution in [2.24, 2.45) is 5.92 Å². The van der Waals surface area contributed by atoms with Crippen LogP contribution in [0.5, 0.6) is 0 Å². The number of H-pyrrole nitrogens is 1. The lowest BCUT2D eigenvalue weighted by Crippen LogP contribution is -2.44. The molecule has 1 saturated heterocycles. The van der Waals surface area contributed by atoms with Crippen LogP contribution in [-0.4, -0.2) is 67.7 Å². The van der Waals surface area contributed by atoms with Gasteiger partial charge in [-0.15, -0.1) is 0 Å². The summed E-state index contributed by atoms with van der Waals surface area (Å²) in [4.78, 5) is 31.0. The van der Waals surface area contributed by atoms with Crippen molar-refractivity contribution in [3.63, 3.8) is 0 Å². The molecule has 140 valence electrons. The topological polar surface area (TPSA) is 121 Å². The molecule has 0 unspecified atom stereocenters. The fraction of sp³-hybridized carbons (Fsp3) is 0.667. The Kier molecular flexibility index (Phi) is 5.96. The van der Waals surface area contributed by atoms with Crippen LogP contribution >= 0.6 is 0 Å². The molecule has 1 aliphatic heterocycles. The molecule has 25 heavy (non-hydrogen) atoms. The van der Waals surface area contributed by atoms with Gasteiger partial charge in [-0.05, 0) is 13.8 Å². The number of aryl methyl sites for hydroxylation is 2. The number of rotatable bonds is 6. The maximum Gasteiger partial charge on any atom is 0.254 e. The van der Waals surface area contributed by atoms with Gasteiger partial charge in [-0.2, -0.15) is 0 Å². The van der Waals surface area contributed by atoms with Crippen LogP contribution in [-0.2, 0) is 26.0 Å². The number of ether oxygens (including phenoxy) is 1. The molecule has 10 heteroatoms. The third kappa shape index (κ3) is 4.86. The first-order valence-electron chi connectivity index (χ1n) is 7.94. The first-order chi connectivity index (χ1) is 11.6. The molecule has 9 nitrogen and oxygen atoms in total. The third-order valence-corrected chi connectivity index (χ3v) is 6.17. The van der Waals surface area contributed by atoms with Gasteiger partial charge in [0.15, 0.2) is 0 Å². The molecule has 1 fully saturated rings. The normalized spacial score (nSPS) is 20.8. The smallest absolute Gasteiger partial charge is 0.254 e. The largest absolute Gasteiger partial charge is 0.379 e. The zero-order valence-corrected chi connectivity index (χ0v) is 15.6. The average Bonchev–Trinajstić information content (AvgIpc) is 2.89. The van der Waals surface area contributed by atoms with Crippen molar-refractivity contribution in [3.8, 4) is 0 Å². The average molecular weight is 372 g/mol. The first kappa shape index (κ1) is 19.5. The van der Waals surface area contributed by atoms with E-state index in [1.807, 2.05) is 0 Å². The molecule has 2 rings (SSSR count). The predicted octanol–water partition coefficient (Wildman–Crippen LogP) is -1.05. The molecule has 0 bridgehead atoms. The summed E-state index contributed by atoms with van der Waals surface area (Å²) in [5.74, 6) is -0.296. The summed E-state index contributed by atoms with van der Waals surface area (Å²) in [7, 11) is -0.450. The molecular formula is C15H24N4O5S. The number of hydrogen-bond donors (Lipinski definition) is 2. The van der Waals surface area contributed by atoms with Crippen molar-refractivity contribution in [2.75, 3.05) is 33.1 Å². The molecule has 1 aliphatic rings. The van der Waals surface area contributed by atoms with Crippen molar-refractivity contribution in [1.82, 2.24) is 19.6 Å². The number of carbonyl (C=O) groups excluding carboxylic acids is 1. The summed E-state index contributed by atoms with van der Waals surface area (Å²) in [6.45, 7) is 3.87. The second-order valence-electron chi connectivity index (χ2n) is 6.42. The fourth-order valence-corrected chi connectivity index (χ4v) is 3.89. The van der Waals surface area contributed by atoms with Crippen molar-refractivity contribution < 1.29 is 17.9 Å². The Morgan fingerprint density at radius 1 is 1.36 bits per heavy atom. The van der Waals surface area contributed by atoms with Gasteiger partial charge in [-0.3, -0.25) is 9.59 Å². The van der Waals surface area contributed by atoms with Gasteiger partial charge < -0.3 is 15.0 Å². The predicted molar refractivity (Wildman–Crippen MR) is 91.7 cm³/mol. The lowest BCUT2D eigenvalue weighted by molar-refractivity contribution is -0.121. The van der Waals surface area contributed by atoms with Crippen LogP contribution in [0.2, 0.25) is 0 Å². The van der Waals surface area contributed by atoms with E-state index >= 15 is 0 Å². The fourth-order valence-electron chi connectivity index (χ4n) is 2.72. The van der Waals surface area contributed by atoms with E-state index in [2.05, 4.69) is 15.3 Å². The van der Waals surface area contributed by atoms with Crippen molar-refractivity contribution in [2.45, 2.75) is 26.3 Å². The van der Waals surface area contributed by atoms with E-state index in [1.165, 1.54) is 14.1 Å². The lowest BCUT2D eigenvalue weighted by Gasteiger charge is -2.21. The minimum absolute atomic E-state index is 0.101. The number of nitrogens with one attached hydrogen (secondary N) is 2. The highest BCUT2D eigenvalue weighted by molar-refractivity contribution is 7.89. The molecule has 2 N–H and O–H groups in total. The summed E-state index contributed by atoms with van der Waals surface area (Å²) in [6, 6.07) is -0.403. The summed E-state index contributed by atoms with van der Waals surface area (Å²) < 4.78 is 30.6.